The van der Waals surface area contributed by atoms with Crippen LogP contribution < -0.4 is 10.7 Å². The number of aromatic nitrogens is 3. The van der Waals surface area contributed by atoms with Crippen LogP contribution in [-0.4, -0.2) is 47.6 Å². The van der Waals surface area contributed by atoms with Gasteiger partial charge in [-0.2, -0.15) is 5.26 Å². The Hall–Kier alpha value is -3.26. The topological polar surface area (TPSA) is 132 Å². The Labute approximate surface area is 202 Å². The van der Waals surface area contributed by atoms with Crippen LogP contribution >= 0.6 is 0 Å². The number of nitrogens with zero attached hydrogens (tertiary/aromatic N) is 5. The second-order valence-corrected chi connectivity index (χ2v) is 10.3. The Bertz CT molecular complexity index is 1160. The third-order valence-corrected chi connectivity index (χ3v) is 6.25. The number of hydrogen-bond acceptors (Lipinski definition) is 7. The predicted molar refractivity (Wildman–Crippen MR) is 134 cm³/mol. The van der Waals surface area contributed by atoms with Crippen LogP contribution in [0.3, 0.4) is 0 Å². The molecular weight excluding hydrogens is 450 g/mol. The van der Waals surface area contributed by atoms with E-state index in [9.17, 15) is 13.7 Å². The van der Waals surface area contributed by atoms with Crippen molar-refractivity contribution < 1.29 is 8.42 Å². The summed E-state index contributed by atoms with van der Waals surface area (Å²) in [5, 5.41) is 9.22. The fraction of sp³-hybridized carbons (Fsp3) is 0.375. The summed E-state index contributed by atoms with van der Waals surface area (Å²) in [7, 11) is -1.86. The lowest BCUT2D eigenvalue weighted by atomic mass is 10.00. The van der Waals surface area contributed by atoms with Crippen LogP contribution in [0.5, 0.6) is 0 Å². The summed E-state index contributed by atoms with van der Waals surface area (Å²) in [5.74, 6) is 5.27. The lowest BCUT2D eigenvalue weighted by molar-refractivity contribution is 0.492. The van der Waals surface area contributed by atoms with Gasteiger partial charge in [-0.3, -0.25) is 10.8 Å². The molecule has 0 saturated carbocycles. The molecule has 2 aromatic heterocycles. The number of H-pyrrole nitrogens is 1. The Morgan fingerprint density at radius 1 is 1.24 bits per heavy atom. The maximum Gasteiger partial charge on any atom is 0.223 e. The summed E-state index contributed by atoms with van der Waals surface area (Å²) in [6.45, 7) is 6.07. The van der Waals surface area contributed by atoms with Crippen molar-refractivity contribution in [3.63, 3.8) is 0 Å². The van der Waals surface area contributed by atoms with Gasteiger partial charge >= 0.3 is 0 Å². The Morgan fingerprint density at radius 2 is 1.97 bits per heavy atom. The van der Waals surface area contributed by atoms with E-state index in [1.54, 1.807) is 6.33 Å². The fourth-order valence-electron chi connectivity index (χ4n) is 3.43. The van der Waals surface area contributed by atoms with Crippen molar-refractivity contribution in [3.8, 4) is 6.07 Å². The summed E-state index contributed by atoms with van der Waals surface area (Å²) in [6.07, 6.45) is 10.2. The predicted octanol–water partition coefficient (Wildman–Crippen LogP) is 2.88. The van der Waals surface area contributed by atoms with Gasteiger partial charge in [0.05, 0.1) is 36.5 Å². The molecule has 0 fully saturated rings. The number of aromatic amines is 1. The molecule has 0 unspecified atom stereocenters. The quantitative estimate of drug-likeness (QED) is 0.353. The molecular formula is C24H33N7O2S. The Balaban J connectivity index is 0.000000509. The standard InChI is InChI=1S/C22H25N5.C2H8N2O2S/c1-3-20-10-18(11-23)6-7-22(20)27(15-21-13-25-16-26-21)14-17(2)9-19-5-4-8-24-12-19;1-4(3)7(2,5)6/h4-8,10,12-13,16-17H,3,9,14-15H2,1-2H3,(H,25,26);3H2,1-2H3/t17-;/m1./s1. The van der Waals surface area contributed by atoms with Crippen molar-refractivity contribution in [2.75, 3.05) is 24.7 Å². The second-order valence-electron chi connectivity index (χ2n) is 8.22. The van der Waals surface area contributed by atoms with Crippen LogP contribution in [0.1, 0.15) is 36.2 Å². The van der Waals surface area contributed by atoms with Crippen molar-refractivity contribution in [2.45, 2.75) is 33.2 Å². The zero-order valence-corrected chi connectivity index (χ0v) is 21.0. The second kappa shape index (κ2) is 12.8. The molecule has 1 atom stereocenters. The number of hydrazine groups is 1. The van der Waals surface area contributed by atoms with Gasteiger partial charge in [0.15, 0.2) is 0 Å². The van der Waals surface area contributed by atoms with E-state index in [1.807, 2.05) is 36.8 Å². The summed E-state index contributed by atoms with van der Waals surface area (Å²) in [5.41, 5.74) is 5.42. The molecule has 0 saturated heterocycles. The molecule has 10 heteroatoms. The number of nitrogens with two attached hydrogens (primary N) is 1. The van der Waals surface area contributed by atoms with Gasteiger partial charge < -0.3 is 9.88 Å². The first kappa shape index (κ1) is 27.0. The maximum atomic E-state index is 10.1. The molecule has 0 aliphatic rings. The number of nitriles is 1. The molecule has 0 radical (unpaired) electrons. The van der Waals surface area contributed by atoms with Crippen LogP contribution in [0, 0.1) is 17.2 Å². The SMILES string of the molecule is CCc1cc(C#N)ccc1N(Cc1cnc[nH]1)C[C@H](C)Cc1cccnc1.CN(N)S(C)(=O)=O. The summed E-state index contributed by atoms with van der Waals surface area (Å²) < 4.78 is 20.9. The van der Waals surface area contributed by atoms with E-state index < -0.39 is 10.0 Å². The minimum absolute atomic E-state index is 0.456. The van der Waals surface area contributed by atoms with E-state index in [0.717, 1.165) is 37.9 Å². The van der Waals surface area contributed by atoms with Gasteiger partial charge in [-0.15, -0.1) is 4.41 Å². The summed E-state index contributed by atoms with van der Waals surface area (Å²) in [6, 6.07) is 12.3. The monoisotopic (exact) mass is 483 g/mol. The lowest BCUT2D eigenvalue weighted by Crippen LogP contribution is -2.31. The van der Waals surface area contributed by atoms with Gasteiger partial charge in [0.25, 0.3) is 0 Å². The molecule has 0 aliphatic carbocycles. The zero-order valence-electron chi connectivity index (χ0n) is 20.1. The Morgan fingerprint density at radius 3 is 2.50 bits per heavy atom. The first-order valence-corrected chi connectivity index (χ1v) is 12.8. The van der Waals surface area contributed by atoms with Crippen molar-refractivity contribution in [1.82, 2.24) is 19.4 Å². The van der Waals surface area contributed by atoms with E-state index >= 15 is 0 Å². The van der Waals surface area contributed by atoms with Gasteiger partial charge in [0.1, 0.15) is 0 Å². The van der Waals surface area contributed by atoms with Gasteiger partial charge in [0.2, 0.25) is 10.0 Å². The van der Waals surface area contributed by atoms with Crippen LogP contribution in [0.4, 0.5) is 5.69 Å². The number of aryl methyl sites for hydroxylation is 1. The van der Waals surface area contributed by atoms with Gasteiger partial charge in [0, 0.05) is 37.9 Å². The van der Waals surface area contributed by atoms with E-state index in [2.05, 4.69) is 51.9 Å². The molecule has 182 valence electrons. The highest BCUT2D eigenvalue weighted by Crippen LogP contribution is 2.26. The van der Waals surface area contributed by atoms with E-state index in [4.69, 9.17) is 5.84 Å². The molecule has 1 aromatic carbocycles. The van der Waals surface area contributed by atoms with Crippen LogP contribution in [0.15, 0.2) is 55.2 Å². The van der Waals surface area contributed by atoms with E-state index in [0.29, 0.717) is 15.9 Å². The van der Waals surface area contributed by atoms with E-state index in [1.165, 1.54) is 23.9 Å². The molecule has 3 aromatic rings. The number of sulfonamides is 1. The zero-order chi connectivity index (χ0) is 25.1. The van der Waals surface area contributed by atoms with Gasteiger partial charge in [-0.1, -0.05) is 19.9 Å². The minimum atomic E-state index is -3.13. The number of benzene rings is 1. The number of imidazole rings is 1. The number of nitrogens with one attached hydrogen (secondary N) is 1. The van der Waals surface area contributed by atoms with Gasteiger partial charge in [-0.05, 0) is 54.2 Å². The van der Waals surface area contributed by atoms with Crippen LogP contribution in [0.25, 0.3) is 0 Å². The first-order valence-electron chi connectivity index (χ1n) is 11.0. The normalized spacial score (nSPS) is 11.9. The molecule has 9 nitrogen and oxygen atoms in total. The minimum Gasteiger partial charge on any atom is -0.365 e. The van der Waals surface area contributed by atoms with Crippen molar-refractivity contribution in [3.05, 3.63) is 77.6 Å². The molecule has 3 rings (SSSR count). The smallest absolute Gasteiger partial charge is 0.223 e. The molecule has 34 heavy (non-hydrogen) atoms. The fourth-order valence-corrected chi connectivity index (χ4v) is 3.43. The molecule has 0 aliphatic heterocycles. The van der Waals surface area contributed by atoms with Crippen molar-refractivity contribution >= 4 is 15.7 Å². The molecule has 2 heterocycles. The molecule has 0 bridgehead atoms. The summed E-state index contributed by atoms with van der Waals surface area (Å²) in [4.78, 5) is 14.0. The van der Waals surface area contributed by atoms with Crippen LogP contribution in [0.2, 0.25) is 0 Å². The highest BCUT2D eigenvalue weighted by Gasteiger charge is 2.16. The number of pyridine rings is 1. The average molecular weight is 484 g/mol. The largest absolute Gasteiger partial charge is 0.365 e. The van der Waals surface area contributed by atoms with Crippen LogP contribution in [-0.2, 0) is 29.4 Å². The van der Waals surface area contributed by atoms with Crippen molar-refractivity contribution in [1.29, 1.82) is 5.26 Å². The highest BCUT2D eigenvalue weighted by atomic mass is 32.2. The Kier molecular flexibility index (Phi) is 10.2. The van der Waals surface area contributed by atoms with E-state index in [-0.39, 0.29) is 0 Å². The first-order chi connectivity index (χ1) is 16.1. The third kappa shape index (κ3) is 8.59. The number of rotatable bonds is 9. The maximum absolute atomic E-state index is 10.1. The number of hydrogen-bond donors (Lipinski definition) is 2. The lowest BCUT2D eigenvalue weighted by Gasteiger charge is -2.29. The summed E-state index contributed by atoms with van der Waals surface area (Å²) >= 11 is 0. The number of anilines is 1. The average Bonchev–Trinajstić information content (AvgIpc) is 3.31. The molecule has 3 N–H and O–H groups in total. The third-order valence-electron chi connectivity index (χ3n) is 5.21. The highest BCUT2D eigenvalue weighted by molar-refractivity contribution is 7.88. The van der Waals surface area contributed by atoms with Crippen molar-refractivity contribution in [2.24, 2.45) is 11.8 Å². The van der Waals surface area contributed by atoms with Gasteiger partial charge in [-0.25, -0.2) is 13.4 Å². The molecule has 0 spiro atoms. The molecule has 0 amide bonds.